The maximum Gasteiger partial charge on any atom is 0.225 e. The van der Waals surface area contributed by atoms with Crippen LogP contribution in [0, 0.1) is 12.8 Å². The van der Waals surface area contributed by atoms with Crippen LogP contribution in [0.15, 0.2) is 6.20 Å². The number of nitrogens with one attached hydrogen (secondary N) is 1. The Kier molecular flexibility index (Phi) is 6.54. The average molecular weight is 314 g/mol. The predicted molar refractivity (Wildman–Crippen MR) is 86.3 cm³/mol. The lowest BCUT2D eigenvalue weighted by Gasteiger charge is -2.17. The molecule has 0 radical (unpaired) electrons. The molecule has 7 heteroatoms. The second-order valence-corrected chi connectivity index (χ2v) is 8.12. The fourth-order valence-electron chi connectivity index (χ4n) is 1.74. The lowest BCUT2D eigenvalue weighted by molar-refractivity contribution is 0.550. The topological polar surface area (TPSA) is 75.2 Å². The van der Waals surface area contributed by atoms with E-state index in [9.17, 15) is 8.42 Å². The molecule has 0 amide bonds. The molecule has 0 fully saturated rings. The minimum absolute atomic E-state index is 0.101. The number of anilines is 1. The highest BCUT2D eigenvalue weighted by atomic mass is 32.2. The van der Waals surface area contributed by atoms with Crippen LogP contribution in [0.25, 0.3) is 0 Å². The molecule has 6 nitrogen and oxygen atoms in total. The third-order valence-corrected chi connectivity index (χ3v) is 4.00. The summed E-state index contributed by atoms with van der Waals surface area (Å²) < 4.78 is 22.4. The molecule has 0 bridgehead atoms. The summed E-state index contributed by atoms with van der Waals surface area (Å²) in [4.78, 5) is 10.5. The summed E-state index contributed by atoms with van der Waals surface area (Å²) in [5.41, 5.74) is 1.98. The van der Waals surface area contributed by atoms with Crippen molar-refractivity contribution >= 4 is 15.8 Å². The summed E-state index contributed by atoms with van der Waals surface area (Å²) in [6.07, 6.45) is 3.04. The lowest BCUT2D eigenvalue weighted by atomic mass is 10.2. The Hall–Kier alpha value is -1.21. The predicted octanol–water partition coefficient (Wildman–Crippen LogP) is 1.01. The first-order valence-electron chi connectivity index (χ1n) is 7.11. The summed E-state index contributed by atoms with van der Waals surface area (Å²) >= 11 is 0. The van der Waals surface area contributed by atoms with E-state index in [0.717, 1.165) is 24.3 Å². The van der Waals surface area contributed by atoms with Crippen molar-refractivity contribution in [2.75, 3.05) is 37.0 Å². The van der Waals surface area contributed by atoms with E-state index >= 15 is 0 Å². The highest BCUT2D eigenvalue weighted by molar-refractivity contribution is 7.90. The van der Waals surface area contributed by atoms with Crippen LogP contribution in [0.1, 0.15) is 25.1 Å². The van der Waals surface area contributed by atoms with Crippen LogP contribution < -0.4 is 10.2 Å². The first-order chi connectivity index (χ1) is 9.69. The molecule has 1 rings (SSSR count). The zero-order valence-electron chi connectivity index (χ0n) is 13.5. The van der Waals surface area contributed by atoms with Gasteiger partial charge in [0.1, 0.15) is 9.84 Å². The van der Waals surface area contributed by atoms with Gasteiger partial charge in [-0.15, -0.1) is 0 Å². The normalized spacial score (nSPS) is 11.9. The molecule has 1 heterocycles. The van der Waals surface area contributed by atoms with Crippen molar-refractivity contribution in [1.29, 1.82) is 0 Å². The molecule has 1 aromatic rings. The summed E-state index contributed by atoms with van der Waals surface area (Å²) in [6.45, 7) is 8.37. The largest absolute Gasteiger partial charge is 0.343 e. The van der Waals surface area contributed by atoms with Crippen molar-refractivity contribution < 1.29 is 8.42 Å². The first kappa shape index (κ1) is 17.8. The average Bonchev–Trinajstić information content (AvgIpc) is 2.36. The highest BCUT2D eigenvalue weighted by Crippen LogP contribution is 2.10. The molecule has 1 aromatic heterocycles. The Bertz CT molecular complexity index is 558. The minimum atomic E-state index is -2.97. The third kappa shape index (κ3) is 6.86. The Morgan fingerprint density at radius 2 is 2.05 bits per heavy atom. The molecule has 0 aliphatic carbocycles. The molecule has 0 aliphatic rings. The standard InChI is InChI=1S/C14H26N4O2S/c1-11(2)8-15-9-13-10-16-14(17-12(13)3)18(4)6-7-21(5,19)20/h10-11,15H,6-9H2,1-5H3. The number of aryl methyl sites for hydroxylation is 1. The summed E-state index contributed by atoms with van der Waals surface area (Å²) in [5.74, 6) is 1.26. The smallest absolute Gasteiger partial charge is 0.225 e. The number of nitrogens with zero attached hydrogens (tertiary/aromatic N) is 3. The second-order valence-electron chi connectivity index (χ2n) is 5.86. The number of hydrogen-bond donors (Lipinski definition) is 1. The van der Waals surface area contributed by atoms with Gasteiger partial charge in [-0.1, -0.05) is 13.8 Å². The van der Waals surface area contributed by atoms with Crippen LogP contribution in [0.4, 0.5) is 5.95 Å². The molecular formula is C14H26N4O2S. The lowest BCUT2D eigenvalue weighted by Crippen LogP contribution is -2.27. The number of sulfone groups is 1. The van der Waals surface area contributed by atoms with Crippen molar-refractivity contribution in [3.8, 4) is 0 Å². The molecule has 0 spiro atoms. The van der Waals surface area contributed by atoms with Crippen molar-refractivity contribution in [2.45, 2.75) is 27.3 Å². The van der Waals surface area contributed by atoms with Crippen LogP contribution in [-0.4, -0.2) is 50.5 Å². The SMILES string of the molecule is Cc1nc(N(C)CCS(C)(=O)=O)ncc1CNCC(C)C. The molecule has 21 heavy (non-hydrogen) atoms. The van der Waals surface area contributed by atoms with E-state index in [-0.39, 0.29) is 5.75 Å². The first-order valence-corrected chi connectivity index (χ1v) is 9.17. The maximum atomic E-state index is 11.2. The maximum absolute atomic E-state index is 11.2. The second kappa shape index (κ2) is 7.70. The Morgan fingerprint density at radius 1 is 1.38 bits per heavy atom. The molecule has 120 valence electrons. The van der Waals surface area contributed by atoms with Crippen molar-refractivity contribution in [3.05, 3.63) is 17.5 Å². The summed E-state index contributed by atoms with van der Waals surface area (Å²) in [6, 6.07) is 0. The van der Waals surface area contributed by atoms with Crippen molar-refractivity contribution in [3.63, 3.8) is 0 Å². The third-order valence-electron chi connectivity index (χ3n) is 3.08. The Balaban J connectivity index is 2.64. The quantitative estimate of drug-likeness (QED) is 0.772. The van der Waals surface area contributed by atoms with Crippen LogP contribution >= 0.6 is 0 Å². The Labute approximate surface area is 127 Å². The molecular weight excluding hydrogens is 288 g/mol. The zero-order valence-corrected chi connectivity index (χ0v) is 14.4. The van der Waals surface area contributed by atoms with E-state index in [0.29, 0.717) is 18.4 Å². The van der Waals surface area contributed by atoms with Crippen LogP contribution in [-0.2, 0) is 16.4 Å². The minimum Gasteiger partial charge on any atom is -0.343 e. The van der Waals surface area contributed by atoms with E-state index in [4.69, 9.17) is 0 Å². The van der Waals surface area contributed by atoms with Crippen molar-refractivity contribution in [1.82, 2.24) is 15.3 Å². The molecule has 0 saturated carbocycles. The van der Waals surface area contributed by atoms with E-state index in [1.165, 1.54) is 6.26 Å². The van der Waals surface area contributed by atoms with Crippen LogP contribution in [0.5, 0.6) is 0 Å². The molecule has 0 unspecified atom stereocenters. The van der Waals surface area contributed by atoms with Gasteiger partial charge in [0.15, 0.2) is 0 Å². The van der Waals surface area contributed by atoms with Gasteiger partial charge in [0.2, 0.25) is 5.95 Å². The number of hydrogen-bond acceptors (Lipinski definition) is 6. The van der Waals surface area contributed by atoms with Gasteiger partial charge in [-0.25, -0.2) is 18.4 Å². The molecule has 0 saturated heterocycles. The van der Waals surface area contributed by atoms with Gasteiger partial charge < -0.3 is 10.2 Å². The summed E-state index contributed by atoms with van der Waals surface area (Å²) in [5, 5.41) is 3.36. The monoisotopic (exact) mass is 314 g/mol. The fraction of sp³-hybridized carbons (Fsp3) is 0.714. The van der Waals surface area contributed by atoms with Gasteiger partial charge in [0, 0.05) is 43.8 Å². The van der Waals surface area contributed by atoms with E-state index in [2.05, 4.69) is 29.1 Å². The van der Waals surface area contributed by atoms with E-state index < -0.39 is 9.84 Å². The highest BCUT2D eigenvalue weighted by Gasteiger charge is 2.10. The van der Waals surface area contributed by atoms with E-state index in [1.807, 2.05) is 13.1 Å². The Morgan fingerprint density at radius 3 is 2.57 bits per heavy atom. The van der Waals surface area contributed by atoms with Gasteiger partial charge in [-0.2, -0.15) is 0 Å². The molecule has 0 aromatic carbocycles. The molecule has 1 N–H and O–H groups in total. The zero-order chi connectivity index (χ0) is 16.0. The van der Waals surface area contributed by atoms with Crippen LogP contribution in [0.2, 0.25) is 0 Å². The molecule has 0 aliphatic heterocycles. The van der Waals surface area contributed by atoms with Crippen molar-refractivity contribution in [2.24, 2.45) is 5.92 Å². The van der Waals surface area contributed by atoms with Gasteiger partial charge >= 0.3 is 0 Å². The van der Waals surface area contributed by atoms with Gasteiger partial charge in [-0.05, 0) is 19.4 Å². The number of aromatic nitrogens is 2. The van der Waals surface area contributed by atoms with Gasteiger partial charge in [0.25, 0.3) is 0 Å². The van der Waals surface area contributed by atoms with Gasteiger partial charge in [-0.3, -0.25) is 0 Å². The molecule has 0 atom stereocenters. The van der Waals surface area contributed by atoms with Crippen LogP contribution in [0.3, 0.4) is 0 Å². The fourth-order valence-corrected chi connectivity index (χ4v) is 2.34. The number of rotatable bonds is 8. The van der Waals surface area contributed by atoms with E-state index in [1.54, 1.807) is 11.9 Å². The summed E-state index contributed by atoms with van der Waals surface area (Å²) in [7, 11) is -1.17. The van der Waals surface area contributed by atoms with Gasteiger partial charge in [0.05, 0.1) is 5.75 Å².